The van der Waals surface area contributed by atoms with Crippen molar-refractivity contribution in [2.24, 2.45) is 5.41 Å². The zero-order valence-corrected chi connectivity index (χ0v) is 13.2. The van der Waals surface area contributed by atoms with E-state index in [2.05, 4.69) is 19.2 Å². The van der Waals surface area contributed by atoms with Crippen LogP contribution in [-0.4, -0.2) is 39.5 Å². The second-order valence-electron chi connectivity index (χ2n) is 6.26. The first kappa shape index (κ1) is 16.9. The van der Waals surface area contributed by atoms with Gasteiger partial charge >= 0.3 is 0 Å². The summed E-state index contributed by atoms with van der Waals surface area (Å²) in [6, 6.07) is 0. The third kappa shape index (κ3) is 7.28. The molecule has 1 saturated heterocycles. The molecule has 19 heavy (non-hydrogen) atoms. The van der Waals surface area contributed by atoms with Gasteiger partial charge in [0.1, 0.15) is 0 Å². The largest absolute Gasteiger partial charge is 0.383 e. The van der Waals surface area contributed by atoms with Crippen molar-refractivity contribution in [2.45, 2.75) is 64.9 Å². The molecule has 1 fully saturated rings. The fraction of sp³-hybridized carbons (Fsp3) is 1.00. The van der Waals surface area contributed by atoms with Crippen molar-refractivity contribution in [3.8, 4) is 0 Å². The molecular formula is C16H33NO2. The Hall–Kier alpha value is -0.120. The van der Waals surface area contributed by atoms with E-state index in [4.69, 9.17) is 9.47 Å². The summed E-state index contributed by atoms with van der Waals surface area (Å²) in [4.78, 5) is 0. The molecule has 3 heteroatoms. The van der Waals surface area contributed by atoms with Crippen LogP contribution in [0.1, 0.15) is 58.8 Å². The molecule has 1 aliphatic rings. The Labute approximate surface area is 119 Å². The molecule has 0 aromatic carbocycles. The number of rotatable bonds is 11. The number of hydrogen-bond acceptors (Lipinski definition) is 3. The maximum Gasteiger partial charge on any atom is 0.0587 e. The fourth-order valence-electron chi connectivity index (χ4n) is 3.10. The maximum atomic E-state index is 5.71. The highest BCUT2D eigenvalue weighted by atomic mass is 16.5. The van der Waals surface area contributed by atoms with E-state index in [-0.39, 0.29) is 0 Å². The lowest BCUT2D eigenvalue weighted by molar-refractivity contribution is 0.0971. The molecule has 0 aliphatic carbocycles. The van der Waals surface area contributed by atoms with E-state index in [1.54, 1.807) is 7.11 Å². The second kappa shape index (κ2) is 9.73. The number of methoxy groups -OCH3 is 1. The minimum absolute atomic E-state index is 0.432. The molecule has 2 atom stereocenters. The predicted octanol–water partition coefficient (Wildman–Crippen LogP) is 3.38. The summed E-state index contributed by atoms with van der Waals surface area (Å²) in [6.45, 7) is 8.56. The van der Waals surface area contributed by atoms with Crippen LogP contribution in [-0.2, 0) is 9.47 Å². The van der Waals surface area contributed by atoms with Crippen LogP contribution in [0.4, 0.5) is 0 Å². The summed E-state index contributed by atoms with van der Waals surface area (Å²) >= 11 is 0. The predicted molar refractivity (Wildman–Crippen MR) is 80.6 cm³/mol. The Kier molecular flexibility index (Phi) is 8.67. The van der Waals surface area contributed by atoms with Crippen LogP contribution in [0.3, 0.4) is 0 Å². The monoisotopic (exact) mass is 271 g/mol. The van der Waals surface area contributed by atoms with E-state index < -0.39 is 0 Å². The zero-order chi connectivity index (χ0) is 14.0. The van der Waals surface area contributed by atoms with Crippen molar-refractivity contribution in [1.29, 1.82) is 0 Å². The molecule has 2 unspecified atom stereocenters. The smallest absolute Gasteiger partial charge is 0.0587 e. The van der Waals surface area contributed by atoms with Crippen LogP contribution in [0.25, 0.3) is 0 Å². The molecular weight excluding hydrogens is 238 g/mol. The Morgan fingerprint density at radius 3 is 2.84 bits per heavy atom. The van der Waals surface area contributed by atoms with Crippen molar-refractivity contribution in [3.63, 3.8) is 0 Å². The standard InChI is InChI=1S/C16H33NO2/c1-4-9-16(2,14-17-11-13-18-3)10-5-7-15-8-6-12-19-15/h15,17H,4-14H2,1-3H3. The minimum atomic E-state index is 0.432. The van der Waals surface area contributed by atoms with Gasteiger partial charge in [-0.15, -0.1) is 0 Å². The SMILES string of the molecule is CCCC(C)(CCCC1CCCO1)CNCCOC. The van der Waals surface area contributed by atoms with E-state index in [1.807, 2.05) is 0 Å². The second-order valence-corrected chi connectivity index (χ2v) is 6.26. The van der Waals surface area contributed by atoms with Gasteiger partial charge in [0.15, 0.2) is 0 Å². The quantitative estimate of drug-likeness (QED) is 0.584. The molecule has 1 rings (SSSR count). The lowest BCUT2D eigenvalue weighted by atomic mass is 9.80. The topological polar surface area (TPSA) is 30.5 Å². The summed E-state index contributed by atoms with van der Waals surface area (Å²) in [5, 5.41) is 3.53. The van der Waals surface area contributed by atoms with Crippen LogP contribution in [0, 0.1) is 5.41 Å². The van der Waals surface area contributed by atoms with Crippen molar-refractivity contribution in [2.75, 3.05) is 33.4 Å². The highest BCUT2D eigenvalue weighted by molar-refractivity contribution is 4.78. The molecule has 0 aromatic heterocycles. The molecule has 0 radical (unpaired) electrons. The van der Waals surface area contributed by atoms with Crippen molar-refractivity contribution < 1.29 is 9.47 Å². The summed E-state index contributed by atoms with van der Waals surface area (Å²) in [7, 11) is 1.76. The number of hydrogen-bond donors (Lipinski definition) is 1. The van der Waals surface area contributed by atoms with Gasteiger partial charge in [-0.1, -0.05) is 26.7 Å². The Morgan fingerprint density at radius 1 is 1.37 bits per heavy atom. The van der Waals surface area contributed by atoms with Crippen LogP contribution in [0.2, 0.25) is 0 Å². The average molecular weight is 271 g/mol. The van der Waals surface area contributed by atoms with E-state index in [1.165, 1.54) is 44.9 Å². The third-order valence-corrected chi connectivity index (χ3v) is 4.22. The molecule has 114 valence electrons. The lowest BCUT2D eigenvalue weighted by Crippen LogP contribution is -2.33. The van der Waals surface area contributed by atoms with Gasteiger partial charge in [0.25, 0.3) is 0 Å². The minimum Gasteiger partial charge on any atom is -0.383 e. The van der Waals surface area contributed by atoms with Crippen molar-refractivity contribution in [1.82, 2.24) is 5.32 Å². The van der Waals surface area contributed by atoms with Gasteiger partial charge < -0.3 is 14.8 Å². The van der Waals surface area contributed by atoms with Crippen molar-refractivity contribution >= 4 is 0 Å². The first-order valence-corrected chi connectivity index (χ1v) is 8.01. The molecule has 0 aromatic rings. The van der Waals surface area contributed by atoms with Crippen LogP contribution in [0.15, 0.2) is 0 Å². The molecule has 0 spiro atoms. The third-order valence-electron chi connectivity index (χ3n) is 4.22. The van der Waals surface area contributed by atoms with E-state index in [0.717, 1.165) is 26.3 Å². The molecule has 1 heterocycles. The molecule has 1 N–H and O–H groups in total. The summed E-state index contributed by atoms with van der Waals surface area (Å²) < 4.78 is 10.8. The van der Waals surface area contributed by atoms with Crippen LogP contribution < -0.4 is 5.32 Å². The summed E-state index contributed by atoms with van der Waals surface area (Å²) in [5.74, 6) is 0. The fourth-order valence-corrected chi connectivity index (χ4v) is 3.10. The maximum absolute atomic E-state index is 5.71. The Morgan fingerprint density at radius 2 is 2.21 bits per heavy atom. The van der Waals surface area contributed by atoms with E-state index >= 15 is 0 Å². The summed E-state index contributed by atoms with van der Waals surface area (Å²) in [5.41, 5.74) is 0.432. The number of nitrogens with one attached hydrogen (secondary N) is 1. The zero-order valence-electron chi connectivity index (χ0n) is 13.2. The molecule has 1 aliphatic heterocycles. The van der Waals surface area contributed by atoms with Gasteiger partial charge in [0, 0.05) is 26.8 Å². The van der Waals surface area contributed by atoms with Gasteiger partial charge in [-0.3, -0.25) is 0 Å². The van der Waals surface area contributed by atoms with Gasteiger partial charge in [-0.2, -0.15) is 0 Å². The highest BCUT2D eigenvalue weighted by Gasteiger charge is 2.23. The van der Waals surface area contributed by atoms with Crippen molar-refractivity contribution in [3.05, 3.63) is 0 Å². The molecule has 0 saturated carbocycles. The Bertz CT molecular complexity index is 217. The lowest BCUT2D eigenvalue weighted by Gasteiger charge is -2.30. The van der Waals surface area contributed by atoms with Gasteiger partial charge in [0.2, 0.25) is 0 Å². The average Bonchev–Trinajstić information content (AvgIpc) is 2.88. The highest BCUT2D eigenvalue weighted by Crippen LogP contribution is 2.30. The molecule has 3 nitrogen and oxygen atoms in total. The van der Waals surface area contributed by atoms with Crippen LogP contribution in [0.5, 0.6) is 0 Å². The Balaban J connectivity index is 2.20. The number of ether oxygens (including phenoxy) is 2. The molecule has 0 bridgehead atoms. The van der Waals surface area contributed by atoms with Gasteiger partial charge in [-0.25, -0.2) is 0 Å². The summed E-state index contributed by atoms with van der Waals surface area (Å²) in [6.07, 6.45) is 9.50. The van der Waals surface area contributed by atoms with E-state index in [9.17, 15) is 0 Å². The van der Waals surface area contributed by atoms with E-state index in [0.29, 0.717) is 11.5 Å². The normalized spacial score (nSPS) is 22.6. The van der Waals surface area contributed by atoms with Gasteiger partial charge in [-0.05, 0) is 37.5 Å². The van der Waals surface area contributed by atoms with Gasteiger partial charge in [0.05, 0.1) is 12.7 Å². The first-order valence-electron chi connectivity index (χ1n) is 8.01. The first-order chi connectivity index (χ1) is 9.20. The molecule has 0 amide bonds. The van der Waals surface area contributed by atoms with Crippen LogP contribution >= 0.6 is 0 Å².